The van der Waals surface area contributed by atoms with Crippen molar-refractivity contribution in [1.29, 1.82) is 0 Å². The van der Waals surface area contributed by atoms with Crippen molar-refractivity contribution in [3.05, 3.63) is 68.0 Å². The number of hydrogen-bond acceptors (Lipinski definition) is 6. The van der Waals surface area contributed by atoms with Crippen molar-refractivity contribution in [2.75, 3.05) is 11.9 Å². The summed E-state index contributed by atoms with van der Waals surface area (Å²) in [6.07, 6.45) is 0. The molecule has 9 nitrogen and oxygen atoms in total. The number of nitro groups is 2. The van der Waals surface area contributed by atoms with Crippen LogP contribution in [0.15, 0.2) is 36.4 Å². The molecule has 1 amide bonds. The summed E-state index contributed by atoms with van der Waals surface area (Å²) in [7, 11) is 0. The highest BCUT2D eigenvalue weighted by molar-refractivity contribution is 5.94. The summed E-state index contributed by atoms with van der Waals surface area (Å²) in [6, 6.07) is 6.79. The Hall–Kier alpha value is -3.56. The lowest BCUT2D eigenvalue weighted by Gasteiger charge is -2.09. The van der Waals surface area contributed by atoms with Crippen LogP contribution in [0.5, 0.6) is 5.75 Å². The van der Waals surface area contributed by atoms with Gasteiger partial charge in [0.1, 0.15) is 11.5 Å². The molecule has 25 heavy (non-hydrogen) atoms. The number of carbonyl (C=O) groups is 1. The van der Waals surface area contributed by atoms with E-state index < -0.39 is 39.6 Å². The first-order chi connectivity index (χ1) is 11.8. The zero-order chi connectivity index (χ0) is 18.6. The molecule has 2 aromatic rings. The Morgan fingerprint density at radius 1 is 1.12 bits per heavy atom. The Bertz CT molecular complexity index is 855. The van der Waals surface area contributed by atoms with Gasteiger partial charge in [-0.2, -0.15) is 0 Å². The maximum atomic E-state index is 13.2. The number of hydrogen-bond donors (Lipinski definition) is 1. The lowest BCUT2D eigenvalue weighted by molar-refractivity contribution is -0.385. The molecule has 0 heterocycles. The first-order valence-electron chi connectivity index (χ1n) is 6.89. The van der Waals surface area contributed by atoms with Gasteiger partial charge < -0.3 is 10.1 Å². The Balaban J connectivity index is 2.11. The highest BCUT2D eigenvalue weighted by Crippen LogP contribution is 2.28. The largest absolute Gasteiger partial charge is 0.477 e. The average Bonchev–Trinajstić information content (AvgIpc) is 2.54. The van der Waals surface area contributed by atoms with Crippen molar-refractivity contribution in [2.45, 2.75) is 6.92 Å². The second-order valence-corrected chi connectivity index (χ2v) is 4.98. The minimum atomic E-state index is -0.787. The molecule has 0 unspecified atom stereocenters. The topological polar surface area (TPSA) is 125 Å². The number of rotatable bonds is 6. The molecule has 2 aromatic carbocycles. The summed E-state index contributed by atoms with van der Waals surface area (Å²) in [5.74, 6) is -1.97. The first kappa shape index (κ1) is 17.8. The van der Waals surface area contributed by atoms with Crippen molar-refractivity contribution in [1.82, 2.24) is 0 Å². The van der Waals surface area contributed by atoms with E-state index in [0.717, 1.165) is 18.2 Å². The molecule has 1 N–H and O–H groups in total. The molecule has 0 aliphatic heterocycles. The van der Waals surface area contributed by atoms with E-state index >= 15 is 0 Å². The lowest BCUT2D eigenvalue weighted by Crippen LogP contribution is -2.21. The molecule has 130 valence electrons. The Kier molecular flexibility index (Phi) is 5.22. The minimum absolute atomic E-state index is 0.0436. The molecule has 0 aliphatic rings. The molecule has 0 bridgehead atoms. The number of nitrogens with zero attached hydrogens (tertiary/aromatic N) is 2. The SMILES string of the molecule is Cc1ccc(NC(=O)COc2cc(F)ccc2[N+](=O)[O-])c([N+](=O)[O-])c1. The maximum absolute atomic E-state index is 13.2. The zero-order valence-electron chi connectivity index (χ0n) is 12.9. The third-order valence-corrected chi connectivity index (χ3v) is 3.10. The molecule has 0 aliphatic carbocycles. The molecule has 0 saturated heterocycles. The van der Waals surface area contributed by atoms with Gasteiger partial charge in [-0.05, 0) is 24.6 Å². The standard InChI is InChI=1S/C15H12FN3O6/c1-9-2-4-11(13(6-9)19(23)24)17-15(20)8-25-14-7-10(16)3-5-12(14)18(21)22/h2-7H,8H2,1H3,(H,17,20). The molecule has 0 saturated carbocycles. The van der Waals surface area contributed by atoms with Crippen LogP contribution in [0, 0.1) is 33.0 Å². The lowest BCUT2D eigenvalue weighted by atomic mass is 10.2. The quantitative estimate of drug-likeness (QED) is 0.631. The van der Waals surface area contributed by atoms with Crippen molar-refractivity contribution in [3.63, 3.8) is 0 Å². The van der Waals surface area contributed by atoms with E-state index in [2.05, 4.69) is 5.32 Å². The van der Waals surface area contributed by atoms with Crippen molar-refractivity contribution in [3.8, 4) is 5.75 Å². The third-order valence-electron chi connectivity index (χ3n) is 3.10. The van der Waals surface area contributed by atoms with Gasteiger partial charge in [0.15, 0.2) is 6.61 Å². The van der Waals surface area contributed by atoms with Crippen LogP contribution in [-0.2, 0) is 4.79 Å². The molecular formula is C15H12FN3O6. The van der Waals surface area contributed by atoms with Crippen LogP contribution >= 0.6 is 0 Å². The number of halogens is 1. The summed E-state index contributed by atoms with van der Waals surface area (Å²) >= 11 is 0. The smallest absolute Gasteiger partial charge is 0.311 e. The molecule has 0 fully saturated rings. The Morgan fingerprint density at radius 3 is 2.44 bits per heavy atom. The van der Waals surface area contributed by atoms with Crippen molar-refractivity contribution in [2.24, 2.45) is 0 Å². The minimum Gasteiger partial charge on any atom is -0.477 e. The van der Waals surface area contributed by atoms with E-state index in [1.807, 2.05) is 0 Å². The Labute approximate surface area is 140 Å². The van der Waals surface area contributed by atoms with Crippen LogP contribution in [0.2, 0.25) is 0 Å². The maximum Gasteiger partial charge on any atom is 0.311 e. The summed E-state index contributed by atoms with van der Waals surface area (Å²) < 4.78 is 18.2. The Morgan fingerprint density at radius 2 is 1.80 bits per heavy atom. The first-order valence-corrected chi connectivity index (χ1v) is 6.89. The van der Waals surface area contributed by atoms with E-state index in [1.54, 1.807) is 13.0 Å². The normalized spacial score (nSPS) is 10.2. The number of amides is 1. The average molecular weight is 349 g/mol. The zero-order valence-corrected chi connectivity index (χ0v) is 12.9. The van der Waals surface area contributed by atoms with Crippen molar-refractivity contribution >= 4 is 23.0 Å². The van der Waals surface area contributed by atoms with Gasteiger partial charge in [0.25, 0.3) is 11.6 Å². The van der Waals surface area contributed by atoms with E-state index in [0.29, 0.717) is 5.56 Å². The molecule has 2 rings (SSSR count). The van der Waals surface area contributed by atoms with E-state index in [1.165, 1.54) is 12.1 Å². The number of aryl methyl sites for hydroxylation is 1. The predicted octanol–water partition coefficient (Wildman–Crippen LogP) is 2.97. The van der Waals surface area contributed by atoms with E-state index in [-0.39, 0.29) is 11.4 Å². The second-order valence-electron chi connectivity index (χ2n) is 4.98. The van der Waals surface area contributed by atoms with Gasteiger partial charge >= 0.3 is 5.69 Å². The number of benzene rings is 2. The molecule has 0 radical (unpaired) electrons. The van der Waals surface area contributed by atoms with Gasteiger partial charge in [0.05, 0.1) is 9.85 Å². The van der Waals surface area contributed by atoms with Crippen LogP contribution in [0.1, 0.15) is 5.56 Å². The van der Waals surface area contributed by atoms with Crippen LogP contribution in [0.25, 0.3) is 0 Å². The van der Waals surface area contributed by atoms with Crippen molar-refractivity contribution < 1.29 is 23.8 Å². The van der Waals surface area contributed by atoms with Gasteiger partial charge in [-0.1, -0.05) is 6.07 Å². The van der Waals surface area contributed by atoms with Gasteiger partial charge in [0.2, 0.25) is 5.75 Å². The van der Waals surface area contributed by atoms with E-state index in [9.17, 15) is 29.4 Å². The number of nitrogens with one attached hydrogen (secondary N) is 1. The fraction of sp³-hybridized carbons (Fsp3) is 0.133. The van der Waals surface area contributed by atoms with Gasteiger partial charge in [-0.25, -0.2) is 4.39 Å². The van der Waals surface area contributed by atoms with Gasteiger partial charge in [-0.15, -0.1) is 0 Å². The molecule has 0 aromatic heterocycles. The number of anilines is 1. The molecule has 0 atom stereocenters. The van der Waals surface area contributed by atoms with Gasteiger partial charge in [0, 0.05) is 18.2 Å². The third kappa shape index (κ3) is 4.47. The van der Waals surface area contributed by atoms with Crippen LogP contribution in [-0.4, -0.2) is 22.4 Å². The monoisotopic (exact) mass is 349 g/mol. The number of ether oxygens (including phenoxy) is 1. The fourth-order valence-electron chi connectivity index (χ4n) is 1.98. The highest BCUT2D eigenvalue weighted by Gasteiger charge is 2.19. The molecule has 0 spiro atoms. The van der Waals surface area contributed by atoms with Crippen LogP contribution < -0.4 is 10.1 Å². The summed E-state index contributed by atoms with van der Waals surface area (Å²) in [5.41, 5.74) is -0.213. The summed E-state index contributed by atoms with van der Waals surface area (Å²) in [6.45, 7) is 0.972. The summed E-state index contributed by atoms with van der Waals surface area (Å²) in [4.78, 5) is 32.3. The summed E-state index contributed by atoms with van der Waals surface area (Å²) in [5, 5.41) is 24.1. The van der Waals surface area contributed by atoms with Gasteiger partial charge in [-0.3, -0.25) is 25.0 Å². The fourth-order valence-corrected chi connectivity index (χ4v) is 1.98. The van der Waals surface area contributed by atoms with E-state index in [4.69, 9.17) is 4.74 Å². The number of carbonyl (C=O) groups excluding carboxylic acids is 1. The van der Waals surface area contributed by atoms with Crippen LogP contribution in [0.4, 0.5) is 21.5 Å². The molecule has 10 heteroatoms. The number of nitro benzene ring substituents is 2. The van der Waals surface area contributed by atoms with Crippen LogP contribution in [0.3, 0.4) is 0 Å². The molecular weight excluding hydrogens is 337 g/mol. The second kappa shape index (κ2) is 7.34. The predicted molar refractivity (Wildman–Crippen MR) is 85.0 cm³/mol. The highest BCUT2D eigenvalue weighted by atomic mass is 19.1.